The van der Waals surface area contributed by atoms with Gasteiger partial charge in [-0.05, 0) is 47.6 Å². The van der Waals surface area contributed by atoms with Crippen LogP contribution < -0.4 is 5.46 Å². The van der Waals surface area contributed by atoms with Gasteiger partial charge in [-0.1, -0.05) is 0 Å². The molecule has 1 saturated heterocycles. The van der Waals surface area contributed by atoms with Crippen LogP contribution in [0.2, 0.25) is 0 Å². The highest BCUT2D eigenvalue weighted by atomic mass is 16.7. The second-order valence-corrected chi connectivity index (χ2v) is 6.07. The first kappa shape index (κ1) is 15.1. The first-order valence-corrected chi connectivity index (χ1v) is 6.90. The molecule has 2 heterocycles. The van der Waals surface area contributed by atoms with Gasteiger partial charge in [-0.25, -0.2) is 4.79 Å². The quantitative estimate of drug-likeness (QED) is 0.677. The third-order valence-electron chi connectivity index (χ3n) is 4.06. The Bertz CT molecular complexity index is 505. The van der Waals surface area contributed by atoms with Gasteiger partial charge in [0.15, 0.2) is 0 Å². The van der Waals surface area contributed by atoms with Crippen molar-refractivity contribution in [3.63, 3.8) is 0 Å². The van der Waals surface area contributed by atoms with Gasteiger partial charge in [0, 0.05) is 11.2 Å². The third-order valence-corrected chi connectivity index (χ3v) is 4.06. The van der Waals surface area contributed by atoms with Crippen molar-refractivity contribution in [1.82, 2.24) is 4.98 Å². The SMILES string of the molecule is CCOC(=O)c1cc(B2OC(C)(C)C(C)(C)O2)c(C)[nH]1. The molecule has 0 atom stereocenters. The number of carbonyl (C=O) groups is 1. The molecule has 0 spiro atoms. The summed E-state index contributed by atoms with van der Waals surface area (Å²) in [6, 6.07) is 1.75. The zero-order valence-electron chi connectivity index (χ0n) is 13.0. The third kappa shape index (κ3) is 2.50. The van der Waals surface area contributed by atoms with Crippen LogP contribution in [0.1, 0.15) is 50.8 Å². The molecule has 0 unspecified atom stereocenters. The number of H-pyrrole nitrogens is 1. The number of nitrogens with one attached hydrogen (secondary N) is 1. The standard InChI is InChI=1S/C14H22BNO4/c1-7-18-12(17)11-8-10(9(2)16-11)15-19-13(3,4)14(5,6)20-15/h8,16H,7H2,1-6H3. The number of hydrogen-bond donors (Lipinski definition) is 1. The number of aryl methyl sites for hydroxylation is 1. The molecule has 5 nitrogen and oxygen atoms in total. The van der Waals surface area contributed by atoms with Crippen molar-refractivity contribution >= 4 is 18.6 Å². The number of ether oxygens (including phenoxy) is 1. The largest absolute Gasteiger partial charge is 0.496 e. The van der Waals surface area contributed by atoms with Gasteiger partial charge >= 0.3 is 13.1 Å². The van der Waals surface area contributed by atoms with Crippen molar-refractivity contribution in [2.75, 3.05) is 6.61 Å². The predicted molar refractivity (Wildman–Crippen MR) is 77.2 cm³/mol. The van der Waals surface area contributed by atoms with Crippen LogP contribution in [-0.4, -0.2) is 35.9 Å². The summed E-state index contributed by atoms with van der Waals surface area (Å²) in [7, 11) is -0.473. The van der Waals surface area contributed by atoms with E-state index in [0.29, 0.717) is 12.3 Å². The number of hydrogen-bond acceptors (Lipinski definition) is 4. The van der Waals surface area contributed by atoms with E-state index in [1.165, 1.54) is 0 Å². The highest BCUT2D eigenvalue weighted by Gasteiger charge is 2.52. The van der Waals surface area contributed by atoms with E-state index in [4.69, 9.17) is 14.0 Å². The molecule has 1 N–H and O–H groups in total. The number of aromatic nitrogens is 1. The van der Waals surface area contributed by atoms with Gasteiger partial charge in [-0.3, -0.25) is 0 Å². The molecule has 0 bridgehead atoms. The van der Waals surface area contributed by atoms with E-state index in [1.54, 1.807) is 13.0 Å². The Morgan fingerprint density at radius 1 is 1.30 bits per heavy atom. The first-order valence-electron chi connectivity index (χ1n) is 6.90. The fourth-order valence-corrected chi connectivity index (χ4v) is 2.11. The molecule has 1 aromatic heterocycles. The molecule has 2 rings (SSSR count). The maximum atomic E-state index is 11.7. The van der Waals surface area contributed by atoms with Crippen LogP contribution in [-0.2, 0) is 14.0 Å². The lowest BCUT2D eigenvalue weighted by atomic mass is 9.79. The number of rotatable bonds is 3. The summed E-state index contributed by atoms with van der Waals surface area (Å²) in [5.41, 5.74) is 1.32. The molecule has 1 aliphatic heterocycles. The van der Waals surface area contributed by atoms with E-state index in [1.807, 2.05) is 34.6 Å². The maximum absolute atomic E-state index is 11.7. The molecule has 0 saturated carbocycles. The van der Waals surface area contributed by atoms with Crippen molar-refractivity contribution in [3.8, 4) is 0 Å². The summed E-state index contributed by atoms with van der Waals surface area (Å²) in [6.45, 7) is 12.0. The number of esters is 1. The van der Waals surface area contributed by atoms with Gasteiger partial charge in [0.05, 0.1) is 17.8 Å². The van der Waals surface area contributed by atoms with E-state index < -0.39 is 18.3 Å². The van der Waals surface area contributed by atoms with E-state index in [9.17, 15) is 4.79 Å². The van der Waals surface area contributed by atoms with E-state index in [-0.39, 0.29) is 5.97 Å². The van der Waals surface area contributed by atoms with Crippen LogP contribution >= 0.6 is 0 Å². The van der Waals surface area contributed by atoms with E-state index >= 15 is 0 Å². The van der Waals surface area contributed by atoms with Crippen LogP contribution in [0.4, 0.5) is 0 Å². The maximum Gasteiger partial charge on any atom is 0.496 e. The Kier molecular flexibility index (Phi) is 3.73. The Morgan fingerprint density at radius 2 is 1.85 bits per heavy atom. The lowest BCUT2D eigenvalue weighted by Crippen LogP contribution is -2.41. The van der Waals surface area contributed by atoms with Gasteiger partial charge in [-0.15, -0.1) is 0 Å². The summed E-state index contributed by atoms with van der Waals surface area (Å²) in [4.78, 5) is 14.8. The molecule has 20 heavy (non-hydrogen) atoms. The molecule has 0 aromatic carbocycles. The second-order valence-electron chi connectivity index (χ2n) is 6.07. The Balaban J connectivity index is 2.25. The van der Waals surface area contributed by atoms with Crippen molar-refractivity contribution in [2.24, 2.45) is 0 Å². The summed E-state index contributed by atoms with van der Waals surface area (Å²) in [5, 5.41) is 0. The fourth-order valence-electron chi connectivity index (χ4n) is 2.11. The predicted octanol–water partition coefficient (Wildman–Crippen LogP) is 1.80. The van der Waals surface area contributed by atoms with E-state index in [0.717, 1.165) is 11.2 Å². The highest BCUT2D eigenvalue weighted by molar-refractivity contribution is 6.62. The van der Waals surface area contributed by atoms with Crippen molar-refractivity contribution < 1.29 is 18.8 Å². The smallest absolute Gasteiger partial charge is 0.461 e. The minimum atomic E-state index is -0.473. The minimum absolute atomic E-state index is 0.350. The van der Waals surface area contributed by atoms with Gasteiger partial charge < -0.3 is 19.0 Å². The van der Waals surface area contributed by atoms with Crippen LogP contribution in [0, 0.1) is 6.92 Å². The number of carbonyl (C=O) groups excluding carboxylic acids is 1. The van der Waals surface area contributed by atoms with Crippen molar-refractivity contribution in [3.05, 3.63) is 17.5 Å². The van der Waals surface area contributed by atoms with Gasteiger partial charge in [0.25, 0.3) is 0 Å². The fraction of sp³-hybridized carbons (Fsp3) is 0.643. The number of aromatic amines is 1. The molecule has 0 radical (unpaired) electrons. The Hall–Kier alpha value is -1.27. The summed E-state index contributed by atoms with van der Waals surface area (Å²) < 4.78 is 17.0. The molecule has 110 valence electrons. The normalized spacial score (nSPS) is 20.2. The topological polar surface area (TPSA) is 60.6 Å². The second kappa shape index (κ2) is 4.93. The molecule has 1 aliphatic rings. The van der Waals surface area contributed by atoms with Gasteiger partial charge in [-0.2, -0.15) is 0 Å². The van der Waals surface area contributed by atoms with Gasteiger partial charge in [0.1, 0.15) is 5.69 Å². The average Bonchev–Trinajstić information content (AvgIpc) is 2.78. The molecule has 0 amide bonds. The molecular weight excluding hydrogens is 257 g/mol. The molecule has 1 aromatic rings. The highest BCUT2D eigenvalue weighted by Crippen LogP contribution is 2.36. The average molecular weight is 279 g/mol. The van der Waals surface area contributed by atoms with E-state index in [2.05, 4.69) is 4.98 Å². The molecule has 6 heteroatoms. The van der Waals surface area contributed by atoms with Crippen molar-refractivity contribution in [2.45, 2.75) is 52.7 Å². The zero-order chi connectivity index (χ0) is 15.1. The Labute approximate surface area is 120 Å². The van der Waals surface area contributed by atoms with Crippen LogP contribution in [0.3, 0.4) is 0 Å². The summed E-state index contributed by atoms with van der Waals surface area (Å²) in [6.07, 6.45) is 0. The zero-order valence-corrected chi connectivity index (χ0v) is 13.0. The first-order chi connectivity index (χ1) is 9.18. The van der Waals surface area contributed by atoms with Crippen LogP contribution in [0.15, 0.2) is 6.07 Å². The van der Waals surface area contributed by atoms with Crippen molar-refractivity contribution in [1.29, 1.82) is 0 Å². The minimum Gasteiger partial charge on any atom is -0.461 e. The summed E-state index contributed by atoms with van der Waals surface area (Å²) >= 11 is 0. The Morgan fingerprint density at radius 3 is 2.35 bits per heavy atom. The van der Waals surface area contributed by atoms with Crippen LogP contribution in [0.25, 0.3) is 0 Å². The van der Waals surface area contributed by atoms with Gasteiger partial charge in [0.2, 0.25) is 0 Å². The molecule has 1 fully saturated rings. The van der Waals surface area contributed by atoms with Crippen LogP contribution in [0.5, 0.6) is 0 Å². The molecular formula is C14H22BNO4. The monoisotopic (exact) mass is 279 g/mol. The lowest BCUT2D eigenvalue weighted by molar-refractivity contribution is 0.00578. The molecule has 0 aliphatic carbocycles. The lowest BCUT2D eigenvalue weighted by Gasteiger charge is -2.32. The summed E-state index contributed by atoms with van der Waals surface area (Å²) in [5.74, 6) is -0.363.